The molecule has 9 nitrogen and oxygen atoms in total. The lowest BCUT2D eigenvalue weighted by Crippen LogP contribution is -2.41. The average Bonchev–Trinajstić information content (AvgIpc) is 3.20. The minimum absolute atomic E-state index is 0.0187. The Labute approximate surface area is 216 Å². The number of esters is 1. The van der Waals surface area contributed by atoms with Gasteiger partial charge in [-0.05, 0) is 43.2 Å². The van der Waals surface area contributed by atoms with E-state index in [4.69, 9.17) is 10.5 Å². The molecule has 1 amide bonds. The average molecular weight is 517 g/mol. The predicted molar refractivity (Wildman–Crippen MR) is 141 cm³/mol. The van der Waals surface area contributed by atoms with Crippen molar-refractivity contribution in [3.05, 3.63) is 84.3 Å². The number of aromatic nitrogens is 1. The molecule has 0 spiro atoms. The number of nitrogens with two attached hydrogens (primary N) is 1. The third-order valence-corrected chi connectivity index (χ3v) is 7.13. The van der Waals surface area contributed by atoms with Crippen LogP contribution in [0.25, 0.3) is 17.5 Å². The Morgan fingerprint density at radius 1 is 1.19 bits per heavy atom. The Morgan fingerprint density at radius 2 is 1.95 bits per heavy atom. The zero-order valence-corrected chi connectivity index (χ0v) is 21.4. The third kappa shape index (κ3) is 4.64. The molecule has 0 saturated heterocycles. The first-order valence-electron chi connectivity index (χ1n) is 11.2. The molecule has 2 aromatic carbocycles. The topological polar surface area (TPSA) is 136 Å². The number of allylic oxidation sites excluding steroid dienone is 1. The summed E-state index contributed by atoms with van der Waals surface area (Å²) in [5, 5.41) is 13.1. The molecule has 4 rings (SSSR count). The van der Waals surface area contributed by atoms with Crippen molar-refractivity contribution < 1.29 is 19.1 Å². The Hall–Kier alpha value is -4.62. The van der Waals surface area contributed by atoms with E-state index in [0.717, 1.165) is 33.1 Å². The highest BCUT2D eigenvalue weighted by atomic mass is 32.1. The number of nitriles is 1. The Balaban J connectivity index is 2.06. The van der Waals surface area contributed by atoms with Crippen LogP contribution in [0.3, 0.4) is 0 Å². The van der Waals surface area contributed by atoms with Crippen LogP contribution < -0.4 is 30.5 Å². The van der Waals surface area contributed by atoms with Gasteiger partial charge in [-0.15, -0.1) is 11.3 Å². The van der Waals surface area contributed by atoms with Crippen LogP contribution in [0.4, 0.5) is 5.69 Å². The molecule has 0 aliphatic carbocycles. The number of methoxy groups -OCH3 is 2. The molecule has 3 N–H and O–H groups in total. The number of thiazole rings is 1. The lowest BCUT2D eigenvalue weighted by atomic mass is 9.83. The van der Waals surface area contributed by atoms with E-state index in [1.807, 2.05) is 26.0 Å². The smallest absolute Gasteiger partial charge is 0.332 e. The second-order valence-corrected chi connectivity index (χ2v) is 9.42. The number of nitrogens with zero attached hydrogens (tertiary/aromatic N) is 2. The Morgan fingerprint density at radius 3 is 2.59 bits per heavy atom. The number of nitrogens with one attached hydrogen (secondary N) is 1. The number of carbonyl (C=O) groups is 2. The van der Waals surface area contributed by atoms with E-state index in [-0.39, 0.29) is 26.2 Å². The van der Waals surface area contributed by atoms with Gasteiger partial charge in [-0.3, -0.25) is 14.2 Å². The summed E-state index contributed by atoms with van der Waals surface area (Å²) in [6, 6.07) is 14.6. The SMILES string of the molecule is COC(=O)/C=c1\sc2n(c1=O)C(N)=C(C#N)[C@@H](c1cccc(OC)c1)C=2C(=O)Nc1ccc(C)cc1C. The second-order valence-electron chi connectivity index (χ2n) is 8.39. The van der Waals surface area contributed by atoms with Gasteiger partial charge in [0, 0.05) is 11.8 Å². The molecular formula is C27H24N4O5S. The van der Waals surface area contributed by atoms with Gasteiger partial charge in [0.1, 0.15) is 20.8 Å². The summed E-state index contributed by atoms with van der Waals surface area (Å²) in [4.78, 5) is 39.1. The number of rotatable bonds is 5. The molecule has 3 aromatic rings. The first-order valence-corrected chi connectivity index (χ1v) is 12.0. The zero-order valence-electron chi connectivity index (χ0n) is 20.6. The summed E-state index contributed by atoms with van der Waals surface area (Å²) in [5.74, 6) is -1.73. The lowest BCUT2D eigenvalue weighted by molar-refractivity contribution is -0.133. The zero-order chi connectivity index (χ0) is 26.9. The number of carbonyl (C=O) groups excluding carboxylic acids is 2. The highest BCUT2D eigenvalue weighted by molar-refractivity contribution is 7.07. The molecule has 37 heavy (non-hydrogen) atoms. The molecule has 2 heterocycles. The van der Waals surface area contributed by atoms with Gasteiger partial charge in [0.2, 0.25) is 0 Å². The first-order chi connectivity index (χ1) is 17.7. The number of benzene rings is 2. The number of hydrogen-bond acceptors (Lipinski definition) is 8. The molecular weight excluding hydrogens is 492 g/mol. The minimum atomic E-state index is -0.894. The van der Waals surface area contributed by atoms with Crippen molar-refractivity contribution in [2.75, 3.05) is 19.5 Å². The van der Waals surface area contributed by atoms with Crippen LogP contribution in [0.5, 0.6) is 5.75 Å². The molecule has 1 aliphatic heterocycles. The molecule has 0 radical (unpaired) electrons. The number of anilines is 1. The molecule has 1 atom stereocenters. The van der Waals surface area contributed by atoms with E-state index >= 15 is 0 Å². The number of ether oxygens (including phenoxy) is 2. The van der Waals surface area contributed by atoms with Crippen molar-refractivity contribution in [3.63, 3.8) is 0 Å². The fourth-order valence-electron chi connectivity index (χ4n) is 4.23. The third-order valence-electron chi connectivity index (χ3n) is 6.02. The standard InChI is InChI=1S/C27H24N4O5S/c1-14-8-9-19(15(2)10-14)30-25(33)23-22(16-6-5-7-17(11-16)35-3)18(13-28)24(29)31-26(34)20(37-27(23)31)12-21(32)36-4/h5-12,22H,29H2,1-4H3,(H,30,33)/b20-12-/t22-/m1/s1. The van der Waals surface area contributed by atoms with E-state index in [2.05, 4.69) is 16.1 Å². The monoisotopic (exact) mass is 516 g/mol. The quantitative estimate of drug-likeness (QED) is 0.493. The summed E-state index contributed by atoms with van der Waals surface area (Å²) in [7, 11) is 2.71. The Kier molecular flexibility index (Phi) is 7.00. The van der Waals surface area contributed by atoms with E-state index in [0.29, 0.717) is 17.0 Å². The summed E-state index contributed by atoms with van der Waals surface area (Å²) in [5.41, 5.74) is 8.94. The summed E-state index contributed by atoms with van der Waals surface area (Å²) < 4.78 is 11.4. The van der Waals surface area contributed by atoms with Crippen molar-refractivity contribution in [2.45, 2.75) is 19.8 Å². The second kappa shape index (κ2) is 10.2. The van der Waals surface area contributed by atoms with Crippen LogP contribution in [0.2, 0.25) is 0 Å². The van der Waals surface area contributed by atoms with Crippen molar-refractivity contribution in [1.29, 1.82) is 5.26 Å². The van der Waals surface area contributed by atoms with E-state index < -0.39 is 23.4 Å². The highest BCUT2D eigenvalue weighted by Gasteiger charge is 2.36. The van der Waals surface area contributed by atoms with Gasteiger partial charge in [-0.25, -0.2) is 4.79 Å². The minimum Gasteiger partial charge on any atom is -0.497 e. The normalized spacial score (nSPS) is 15.2. The van der Waals surface area contributed by atoms with Crippen LogP contribution in [0.1, 0.15) is 22.6 Å². The molecule has 0 saturated carbocycles. The molecule has 10 heteroatoms. The molecule has 0 fully saturated rings. The van der Waals surface area contributed by atoms with Gasteiger partial charge in [0.25, 0.3) is 11.5 Å². The van der Waals surface area contributed by atoms with Crippen molar-refractivity contribution in [1.82, 2.24) is 4.57 Å². The maximum absolute atomic E-state index is 13.9. The van der Waals surface area contributed by atoms with Crippen LogP contribution in [-0.2, 0) is 14.3 Å². The first kappa shape index (κ1) is 25.5. The van der Waals surface area contributed by atoms with Gasteiger partial charge in [0.05, 0.1) is 37.4 Å². The molecule has 0 bridgehead atoms. The summed E-state index contributed by atoms with van der Waals surface area (Å²) in [6.07, 6.45) is 1.04. The summed E-state index contributed by atoms with van der Waals surface area (Å²) >= 11 is 0.925. The Bertz CT molecular complexity index is 1690. The largest absolute Gasteiger partial charge is 0.497 e. The van der Waals surface area contributed by atoms with E-state index in [1.165, 1.54) is 14.2 Å². The van der Waals surface area contributed by atoms with Crippen LogP contribution in [0, 0.1) is 25.2 Å². The number of aryl methyl sites for hydroxylation is 2. The van der Waals surface area contributed by atoms with Crippen LogP contribution in [-0.4, -0.2) is 30.7 Å². The van der Waals surface area contributed by atoms with Gasteiger partial charge < -0.3 is 20.5 Å². The van der Waals surface area contributed by atoms with Crippen molar-refractivity contribution in [3.8, 4) is 11.8 Å². The van der Waals surface area contributed by atoms with E-state index in [9.17, 15) is 19.6 Å². The highest BCUT2D eigenvalue weighted by Crippen LogP contribution is 2.38. The van der Waals surface area contributed by atoms with Crippen molar-refractivity contribution >= 4 is 46.4 Å². The van der Waals surface area contributed by atoms with Gasteiger partial charge in [-0.2, -0.15) is 5.26 Å². The number of hydrogen-bond donors (Lipinski definition) is 2. The molecule has 0 unspecified atom stereocenters. The van der Waals surface area contributed by atoms with Gasteiger partial charge >= 0.3 is 5.97 Å². The van der Waals surface area contributed by atoms with Crippen LogP contribution >= 0.6 is 11.3 Å². The molecule has 1 aromatic heterocycles. The molecule has 188 valence electrons. The predicted octanol–water partition coefficient (Wildman–Crippen LogP) is 1.73. The number of fused-ring (bicyclic) bond motifs is 1. The maximum Gasteiger partial charge on any atom is 0.332 e. The maximum atomic E-state index is 13.9. The van der Waals surface area contributed by atoms with Gasteiger partial charge in [-0.1, -0.05) is 29.8 Å². The van der Waals surface area contributed by atoms with Gasteiger partial charge in [0.15, 0.2) is 0 Å². The molecule has 1 aliphatic rings. The fraction of sp³-hybridized carbons (Fsp3) is 0.185. The van der Waals surface area contributed by atoms with E-state index in [1.54, 1.807) is 30.3 Å². The lowest BCUT2D eigenvalue weighted by Gasteiger charge is -2.25. The van der Waals surface area contributed by atoms with Crippen LogP contribution in [0.15, 0.2) is 52.8 Å². The fourth-order valence-corrected chi connectivity index (χ4v) is 5.37. The summed E-state index contributed by atoms with van der Waals surface area (Å²) in [6.45, 7) is 3.82. The number of amides is 1. The van der Waals surface area contributed by atoms with Crippen molar-refractivity contribution in [2.24, 2.45) is 5.73 Å².